The number of anilines is 1. The summed E-state index contributed by atoms with van der Waals surface area (Å²) in [6.45, 7) is 2.80. The van der Waals surface area contributed by atoms with Crippen molar-refractivity contribution in [3.8, 4) is 5.75 Å². The molecule has 5 nitrogen and oxygen atoms in total. The molecular weight excluding hydrogens is 292 g/mol. The molecule has 1 aliphatic heterocycles. The van der Waals surface area contributed by atoms with E-state index in [0.29, 0.717) is 6.61 Å². The number of fused-ring (bicyclic) bond motifs is 1. The minimum absolute atomic E-state index is 0.150. The van der Waals surface area contributed by atoms with E-state index in [0.717, 1.165) is 34.5 Å². The van der Waals surface area contributed by atoms with Gasteiger partial charge in [-0.05, 0) is 47.9 Å². The summed E-state index contributed by atoms with van der Waals surface area (Å²) in [6, 6.07) is 12.9. The number of hydrogen-bond donors (Lipinski definition) is 3. The lowest BCUT2D eigenvalue weighted by molar-refractivity contribution is 0.175. The monoisotopic (exact) mass is 312 g/mol. The maximum atomic E-state index is 11.9. The number of urea groups is 1. The van der Waals surface area contributed by atoms with Crippen molar-refractivity contribution >= 4 is 11.7 Å². The topological polar surface area (TPSA) is 70.6 Å². The maximum absolute atomic E-state index is 11.9. The van der Waals surface area contributed by atoms with Crippen molar-refractivity contribution in [2.45, 2.75) is 19.4 Å². The van der Waals surface area contributed by atoms with Crippen molar-refractivity contribution in [2.75, 3.05) is 18.5 Å². The van der Waals surface area contributed by atoms with Crippen molar-refractivity contribution in [1.82, 2.24) is 5.32 Å². The summed E-state index contributed by atoms with van der Waals surface area (Å²) >= 11 is 0. The summed E-state index contributed by atoms with van der Waals surface area (Å²) in [7, 11) is 0. The number of benzene rings is 2. The number of carbonyl (C=O) groups is 1. The smallest absolute Gasteiger partial charge is 0.319 e. The molecule has 3 N–H and O–H groups in total. The average Bonchev–Trinajstić information content (AvgIpc) is 3.00. The van der Waals surface area contributed by atoms with Crippen LogP contribution in [0.4, 0.5) is 10.5 Å². The summed E-state index contributed by atoms with van der Waals surface area (Å²) in [6.07, 6.45) is 0.112. The van der Waals surface area contributed by atoms with E-state index < -0.39 is 6.10 Å². The maximum Gasteiger partial charge on any atom is 0.319 e. The first kappa shape index (κ1) is 15.4. The lowest BCUT2D eigenvalue weighted by Gasteiger charge is -2.14. The van der Waals surface area contributed by atoms with Gasteiger partial charge in [-0.15, -0.1) is 0 Å². The summed E-state index contributed by atoms with van der Waals surface area (Å²) in [4.78, 5) is 11.9. The molecule has 0 spiro atoms. The zero-order valence-electron chi connectivity index (χ0n) is 13.0. The van der Waals surface area contributed by atoms with Gasteiger partial charge in [0.05, 0.1) is 12.7 Å². The molecule has 0 fully saturated rings. The van der Waals surface area contributed by atoms with Gasteiger partial charge in [-0.2, -0.15) is 0 Å². The molecule has 2 amide bonds. The van der Waals surface area contributed by atoms with Crippen molar-refractivity contribution in [3.63, 3.8) is 0 Å². The van der Waals surface area contributed by atoms with Crippen LogP contribution in [0.2, 0.25) is 0 Å². The van der Waals surface area contributed by atoms with Gasteiger partial charge in [0.15, 0.2) is 0 Å². The number of ether oxygens (including phenoxy) is 1. The largest absolute Gasteiger partial charge is 0.493 e. The van der Waals surface area contributed by atoms with E-state index in [1.54, 1.807) is 0 Å². The Morgan fingerprint density at radius 2 is 2.17 bits per heavy atom. The molecule has 0 saturated heterocycles. The number of carbonyl (C=O) groups excluding carboxylic acids is 1. The molecule has 3 rings (SSSR count). The molecule has 1 heterocycles. The normalized spacial score (nSPS) is 13.8. The molecule has 0 saturated carbocycles. The van der Waals surface area contributed by atoms with E-state index in [2.05, 4.69) is 10.6 Å². The highest BCUT2D eigenvalue weighted by Crippen LogP contribution is 2.28. The zero-order valence-corrected chi connectivity index (χ0v) is 13.0. The van der Waals surface area contributed by atoms with Crippen molar-refractivity contribution in [3.05, 3.63) is 59.2 Å². The highest BCUT2D eigenvalue weighted by molar-refractivity contribution is 5.89. The summed E-state index contributed by atoms with van der Waals surface area (Å²) < 4.78 is 5.45. The summed E-state index contributed by atoms with van der Waals surface area (Å²) in [5.74, 6) is 0.881. The van der Waals surface area contributed by atoms with Gasteiger partial charge in [-0.3, -0.25) is 0 Å². The number of rotatable bonds is 4. The third-order valence-corrected chi connectivity index (χ3v) is 3.83. The van der Waals surface area contributed by atoms with Gasteiger partial charge in [0.1, 0.15) is 5.75 Å². The zero-order chi connectivity index (χ0) is 16.2. The molecular formula is C18H20N2O3. The van der Waals surface area contributed by atoms with E-state index in [1.807, 2.05) is 49.4 Å². The summed E-state index contributed by atoms with van der Waals surface area (Å²) in [5, 5.41) is 15.7. The Morgan fingerprint density at radius 3 is 3.00 bits per heavy atom. The Hall–Kier alpha value is -2.53. The van der Waals surface area contributed by atoms with E-state index in [1.165, 1.54) is 0 Å². The quantitative estimate of drug-likeness (QED) is 0.813. The molecule has 1 atom stereocenters. The average molecular weight is 312 g/mol. The Labute approximate surface area is 135 Å². The predicted octanol–water partition coefficient (Wildman–Crippen LogP) is 2.79. The molecule has 23 heavy (non-hydrogen) atoms. The minimum Gasteiger partial charge on any atom is -0.493 e. The van der Waals surface area contributed by atoms with Crippen molar-refractivity contribution in [1.29, 1.82) is 0 Å². The molecule has 120 valence electrons. The van der Waals surface area contributed by atoms with Crippen LogP contribution in [0.3, 0.4) is 0 Å². The van der Waals surface area contributed by atoms with Crippen LogP contribution in [0.1, 0.15) is 22.8 Å². The van der Waals surface area contributed by atoms with Gasteiger partial charge in [0, 0.05) is 18.7 Å². The van der Waals surface area contributed by atoms with Crippen molar-refractivity contribution < 1.29 is 14.6 Å². The second-order valence-electron chi connectivity index (χ2n) is 5.69. The lowest BCUT2D eigenvalue weighted by Crippen LogP contribution is -2.32. The fourth-order valence-corrected chi connectivity index (χ4v) is 2.62. The third-order valence-electron chi connectivity index (χ3n) is 3.83. The van der Waals surface area contributed by atoms with E-state index >= 15 is 0 Å². The molecule has 0 bridgehead atoms. The molecule has 0 radical (unpaired) electrons. The second kappa shape index (κ2) is 6.71. The minimum atomic E-state index is -0.746. The molecule has 1 unspecified atom stereocenters. The van der Waals surface area contributed by atoms with Gasteiger partial charge in [0.2, 0.25) is 0 Å². The highest BCUT2D eigenvalue weighted by atomic mass is 16.5. The van der Waals surface area contributed by atoms with Crippen LogP contribution < -0.4 is 15.4 Å². The van der Waals surface area contributed by atoms with Crippen LogP contribution in [0.5, 0.6) is 5.75 Å². The first-order valence-electron chi connectivity index (χ1n) is 7.67. The van der Waals surface area contributed by atoms with Gasteiger partial charge in [0.25, 0.3) is 0 Å². The predicted molar refractivity (Wildman–Crippen MR) is 88.8 cm³/mol. The fraction of sp³-hybridized carbons (Fsp3) is 0.278. The Bertz CT molecular complexity index is 715. The Kier molecular flexibility index (Phi) is 4.48. The van der Waals surface area contributed by atoms with E-state index in [4.69, 9.17) is 4.74 Å². The number of aryl methyl sites for hydroxylation is 1. The van der Waals surface area contributed by atoms with Gasteiger partial charge >= 0.3 is 6.03 Å². The van der Waals surface area contributed by atoms with E-state index in [-0.39, 0.29) is 12.6 Å². The second-order valence-corrected chi connectivity index (χ2v) is 5.69. The molecule has 2 aromatic carbocycles. The number of aliphatic hydroxyl groups is 1. The SMILES string of the molecule is Cc1cccc(NC(=O)NCC(O)c2ccc3c(c2)CCO3)c1. The van der Waals surface area contributed by atoms with Crippen LogP contribution in [0.25, 0.3) is 0 Å². The lowest BCUT2D eigenvalue weighted by atomic mass is 10.0. The van der Waals surface area contributed by atoms with Crippen LogP contribution in [0, 0.1) is 6.92 Å². The van der Waals surface area contributed by atoms with Crippen molar-refractivity contribution in [2.24, 2.45) is 0 Å². The number of hydrogen-bond acceptors (Lipinski definition) is 3. The van der Waals surface area contributed by atoms with Crippen LogP contribution >= 0.6 is 0 Å². The van der Waals surface area contributed by atoms with Crippen LogP contribution in [0.15, 0.2) is 42.5 Å². The van der Waals surface area contributed by atoms with Crippen LogP contribution in [-0.4, -0.2) is 24.3 Å². The first-order valence-corrected chi connectivity index (χ1v) is 7.67. The Morgan fingerprint density at radius 1 is 1.30 bits per heavy atom. The van der Waals surface area contributed by atoms with Gasteiger partial charge in [-0.25, -0.2) is 4.79 Å². The van der Waals surface area contributed by atoms with Crippen LogP contribution in [-0.2, 0) is 6.42 Å². The first-order chi connectivity index (χ1) is 11.1. The number of aliphatic hydroxyl groups excluding tert-OH is 1. The Balaban J connectivity index is 1.54. The number of nitrogens with one attached hydrogen (secondary N) is 2. The molecule has 2 aromatic rings. The number of amides is 2. The van der Waals surface area contributed by atoms with Gasteiger partial charge in [-0.1, -0.05) is 18.2 Å². The summed E-state index contributed by atoms with van der Waals surface area (Å²) in [5.41, 5.74) is 3.69. The molecule has 0 aromatic heterocycles. The molecule has 1 aliphatic rings. The molecule has 5 heteroatoms. The fourth-order valence-electron chi connectivity index (χ4n) is 2.62. The van der Waals surface area contributed by atoms with E-state index in [9.17, 15) is 9.90 Å². The molecule has 0 aliphatic carbocycles. The highest BCUT2D eigenvalue weighted by Gasteiger charge is 2.16. The van der Waals surface area contributed by atoms with Gasteiger partial charge < -0.3 is 20.5 Å². The standard InChI is InChI=1S/C18H20N2O3/c1-12-3-2-4-15(9-12)20-18(22)19-11-16(21)13-5-6-17-14(10-13)7-8-23-17/h2-6,9-10,16,21H,7-8,11H2,1H3,(H2,19,20,22). The third kappa shape index (κ3) is 3.81.